The lowest BCUT2D eigenvalue weighted by atomic mass is 10.0. The van der Waals surface area contributed by atoms with E-state index in [9.17, 15) is 4.79 Å². The van der Waals surface area contributed by atoms with Crippen molar-refractivity contribution in [3.05, 3.63) is 89.0 Å². The Kier molecular flexibility index (Phi) is 6.47. The van der Waals surface area contributed by atoms with E-state index in [4.69, 9.17) is 17.2 Å². The van der Waals surface area contributed by atoms with E-state index in [2.05, 4.69) is 48.0 Å². The third kappa shape index (κ3) is 4.34. The van der Waals surface area contributed by atoms with Gasteiger partial charge >= 0.3 is 0 Å². The molecular weight excluding hydrogens is 414 g/mol. The Balaban J connectivity index is 1.83. The van der Waals surface area contributed by atoms with Gasteiger partial charge in [0.1, 0.15) is 5.82 Å². The van der Waals surface area contributed by atoms with E-state index in [0.717, 1.165) is 28.8 Å². The number of ketones is 1. The largest absolute Gasteiger partial charge is 0.372 e. The predicted molar refractivity (Wildman–Crippen MR) is 135 cm³/mol. The number of rotatable bonds is 7. The number of hydrogen-bond acceptors (Lipinski definition) is 3. The number of para-hydroxylation sites is 2. The smallest absolute Gasteiger partial charge is 0.182 e. The van der Waals surface area contributed by atoms with Crippen LogP contribution in [0.15, 0.2) is 66.7 Å². The van der Waals surface area contributed by atoms with Crippen LogP contribution in [0.2, 0.25) is 0 Å². The average Bonchev–Trinajstić information content (AvgIpc) is 3.18. The minimum Gasteiger partial charge on any atom is -0.372 e. The number of Topliss-reactive ketones (excluding diaryl/α,β-unsaturated/α-hetero) is 1. The van der Waals surface area contributed by atoms with Crippen LogP contribution in [0.1, 0.15) is 40.4 Å². The standard InChI is InChI=1S/C27H27N3OS/c1-4-26(32)28-16-25(31)20-12-5-6-13-21(20)27-29-23-14-7-8-15-24(23)30(27)17-22-18(2)10-9-11-19(22)3/h5-15H,4,16-17H2,1-3H3,(H,28,32). The summed E-state index contributed by atoms with van der Waals surface area (Å²) in [5, 5.41) is 3.06. The molecule has 0 fully saturated rings. The summed E-state index contributed by atoms with van der Waals surface area (Å²) in [6.07, 6.45) is 0.718. The molecule has 0 amide bonds. The zero-order valence-corrected chi connectivity index (χ0v) is 19.5. The second-order valence-corrected chi connectivity index (χ2v) is 8.47. The van der Waals surface area contributed by atoms with E-state index in [1.54, 1.807) is 0 Å². The Morgan fingerprint density at radius 1 is 0.969 bits per heavy atom. The normalized spacial score (nSPS) is 11.0. The highest BCUT2D eigenvalue weighted by atomic mass is 32.1. The number of benzene rings is 3. The quantitative estimate of drug-likeness (QED) is 0.287. The number of carbonyl (C=O) groups excluding carboxylic acids is 1. The van der Waals surface area contributed by atoms with Gasteiger partial charge in [-0.3, -0.25) is 4.79 Å². The molecule has 4 aromatic rings. The number of thiocarbonyl (C=S) groups is 1. The Morgan fingerprint density at radius 3 is 2.41 bits per heavy atom. The van der Waals surface area contributed by atoms with Gasteiger partial charge in [0, 0.05) is 11.1 Å². The summed E-state index contributed by atoms with van der Waals surface area (Å²) in [5.41, 5.74) is 7.22. The van der Waals surface area contributed by atoms with Gasteiger partial charge in [0.05, 0.1) is 29.1 Å². The van der Waals surface area contributed by atoms with E-state index in [1.807, 2.05) is 49.4 Å². The van der Waals surface area contributed by atoms with Crippen molar-refractivity contribution in [3.8, 4) is 11.4 Å². The summed E-state index contributed by atoms with van der Waals surface area (Å²) in [6.45, 7) is 7.13. The lowest BCUT2D eigenvalue weighted by Gasteiger charge is -2.16. The molecule has 0 saturated heterocycles. The minimum absolute atomic E-state index is 0.00192. The van der Waals surface area contributed by atoms with Crippen molar-refractivity contribution in [1.82, 2.24) is 14.9 Å². The molecule has 0 aliphatic rings. The Bertz CT molecular complexity index is 1290. The molecule has 4 nitrogen and oxygen atoms in total. The van der Waals surface area contributed by atoms with E-state index in [0.29, 0.717) is 17.1 Å². The van der Waals surface area contributed by atoms with Gasteiger partial charge < -0.3 is 9.88 Å². The first kappa shape index (κ1) is 21.9. The molecule has 0 unspecified atom stereocenters. The van der Waals surface area contributed by atoms with Crippen molar-refractivity contribution in [1.29, 1.82) is 0 Å². The van der Waals surface area contributed by atoms with Gasteiger partial charge in [0.25, 0.3) is 0 Å². The topological polar surface area (TPSA) is 46.9 Å². The summed E-state index contributed by atoms with van der Waals surface area (Å²) in [6, 6.07) is 22.2. The van der Waals surface area contributed by atoms with Crippen molar-refractivity contribution < 1.29 is 4.79 Å². The number of carbonyl (C=O) groups is 1. The average molecular weight is 442 g/mol. The molecule has 0 aliphatic carbocycles. The summed E-state index contributed by atoms with van der Waals surface area (Å²) in [7, 11) is 0. The number of nitrogens with zero attached hydrogens (tertiary/aromatic N) is 2. The zero-order valence-electron chi connectivity index (χ0n) is 18.7. The van der Waals surface area contributed by atoms with Crippen molar-refractivity contribution in [2.24, 2.45) is 0 Å². The summed E-state index contributed by atoms with van der Waals surface area (Å²) in [4.78, 5) is 18.7. The molecule has 0 saturated carbocycles. The highest BCUT2D eigenvalue weighted by Crippen LogP contribution is 2.29. The van der Waals surface area contributed by atoms with E-state index < -0.39 is 0 Å². The van der Waals surface area contributed by atoms with E-state index in [-0.39, 0.29) is 12.3 Å². The van der Waals surface area contributed by atoms with Crippen molar-refractivity contribution in [3.63, 3.8) is 0 Å². The molecule has 5 heteroatoms. The maximum Gasteiger partial charge on any atom is 0.182 e. The third-order valence-corrected chi connectivity index (χ3v) is 6.28. The fourth-order valence-corrected chi connectivity index (χ4v) is 4.09. The molecule has 0 bridgehead atoms. The molecule has 0 spiro atoms. The number of nitrogens with one attached hydrogen (secondary N) is 1. The molecular formula is C27H27N3OS. The van der Waals surface area contributed by atoms with Crippen LogP contribution in [0.3, 0.4) is 0 Å². The summed E-state index contributed by atoms with van der Waals surface area (Å²) >= 11 is 5.23. The van der Waals surface area contributed by atoms with Gasteiger partial charge in [0.2, 0.25) is 0 Å². The van der Waals surface area contributed by atoms with Gasteiger partial charge in [-0.15, -0.1) is 0 Å². The highest BCUT2D eigenvalue weighted by Gasteiger charge is 2.19. The fraction of sp³-hybridized carbons (Fsp3) is 0.222. The second-order valence-electron chi connectivity index (χ2n) is 7.98. The third-order valence-electron chi connectivity index (χ3n) is 5.85. The van der Waals surface area contributed by atoms with Crippen LogP contribution >= 0.6 is 12.2 Å². The first-order valence-electron chi connectivity index (χ1n) is 10.9. The predicted octanol–water partition coefficient (Wildman–Crippen LogP) is 5.88. The summed E-state index contributed by atoms with van der Waals surface area (Å²) in [5.74, 6) is 0.804. The Hall–Kier alpha value is -3.31. The number of hydrogen-bond donors (Lipinski definition) is 1. The molecule has 4 rings (SSSR count). The Labute approximate surface area is 194 Å². The monoisotopic (exact) mass is 441 g/mol. The Morgan fingerprint density at radius 2 is 1.66 bits per heavy atom. The van der Waals surface area contributed by atoms with Crippen LogP contribution in [0.25, 0.3) is 22.4 Å². The maximum absolute atomic E-state index is 13.1. The lowest BCUT2D eigenvalue weighted by Crippen LogP contribution is -2.27. The van der Waals surface area contributed by atoms with Crippen molar-refractivity contribution in [2.75, 3.05) is 6.54 Å². The molecule has 1 heterocycles. The fourth-order valence-electron chi connectivity index (χ4n) is 4.02. The molecule has 162 valence electrons. The SMILES string of the molecule is CCC(=S)NCC(=O)c1ccccc1-c1nc2ccccc2n1Cc1c(C)cccc1C. The number of aryl methyl sites for hydroxylation is 2. The van der Waals surface area contributed by atoms with Crippen molar-refractivity contribution >= 4 is 34.0 Å². The van der Waals surface area contributed by atoms with Crippen LogP contribution in [0.4, 0.5) is 0 Å². The maximum atomic E-state index is 13.1. The molecule has 0 atom stereocenters. The van der Waals surface area contributed by atoms with Crippen LogP contribution in [0.5, 0.6) is 0 Å². The van der Waals surface area contributed by atoms with Gasteiger partial charge in [-0.2, -0.15) is 0 Å². The molecule has 3 aromatic carbocycles. The number of aromatic nitrogens is 2. The van der Waals surface area contributed by atoms with Gasteiger partial charge in [-0.1, -0.05) is 73.7 Å². The van der Waals surface area contributed by atoms with Crippen LogP contribution in [0, 0.1) is 13.8 Å². The first-order valence-corrected chi connectivity index (χ1v) is 11.3. The molecule has 0 aliphatic heterocycles. The van der Waals surface area contributed by atoms with Crippen molar-refractivity contribution in [2.45, 2.75) is 33.7 Å². The summed E-state index contributed by atoms with van der Waals surface area (Å²) < 4.78 is 2.22. The van der Waals surface area contributed by atoms with E-state index in [1.165, 1.54) is 16.7 Å². The second kappa shape index (κ2) is 9.45. The highest BCUT2D eigenvalue weighted by molar-refractivity contribution is 7.80. The van der Waals surface area contributed by atoms with Gasteiger partial charge in [-0.05, 0) is 49.1 Å². The van der Waals surface area contributed by atoms with Crippen LogP contribution < -0.4 is 5.32 Å². The molecule has 0 radical (unpaired) electrons. The zero-order chi connectivity index (χ0) is 22.7. The lowest BCUT2D eigenvalue weighted by molar-refractivity contribution is 0.0997. The van der Waals surface area contributed by atoms with E-state index >= 15 is 0 Å². The molecule has 1 aromatic heterocycles. The first-order chi connectivity index (χ1) is 15.5. The van der Waals surface area contributed by atoms with Gasteiger partial charge in [0.15, 0.2) is 5.78 Å². The van der Waals surface area contributed by atoms with Crippen LogP contribution in [-0.4, -0.2) is 26.9 Å². The molecule has 1 N–H and O–H groups in total. The minimum atomic E-state index is 0.00192. The number of imidazole rings is 1. The van der Waals surface area contributed by atoms with Crippen LogP contribution in [-0.2, 0) is 6.54 Å². The molecule has 32 heavy (non-hydrogen) atoms. The number of fused-ring (bicyclic) bond motifs is 1. The van der Waals surface area contributed by atoms with Gasteiger partial charge in [-0.25, -0.2) is 4.98 Å².